The van der Waals surface area contributed by atoms with Gasteiger partial charge in [0, 0.05) is 43.4 Å². The normalized spacial score (nSPS) is 30.4. The first-order chi connectivity index (χ1) is 17.4. The van der Waals surface area contributed by atoms with E-state index in [0.29, 0.717) is 5.56 Å². The number of benzene rings is 1. The number of primary amides is 1. The van der Waals surface area contributed by atoms with Gasteiger partial charge in [-0.05, 0) is 57.6 Å². The Morgan fingerprint density at radius 1 is 1.11 bits per heavy atom. The fourth-order valence-electron chi connectivity index (χ4n) is 6.57. The first-order valence-corrected chi connectivity index (χ1v) is 12.3. The zero-order chi connectivity index (χ0) is 27.0. The van der Waals surface area contributed by atoms with Crippen LogP contribution in [0.5, 0.6) is 5.75 Å². The van der Waals surface area contributed by atoms with Crippen LogP contribution < -0.4 is 10.6 Å². The third-order valence-corrected chi connectivity index (χ3v) is 8.42. The monoisotopic (exact) mass is 512 g/mol. The van der Waals surface area contributed by atoms with Crippen LogP contribution in [0.2, 0.25) is 0 Å². The van der Waals surface area contributed by atoms with E-state index in [9.17, 15) is 34.8 Å². The van der Waals surface area contributed by atoms with Gasteiger partial charge in [-0.25, -0.2) is 0 Å². The second-order valence-electron chi connectivity index (χ2n) is 10.7. The fraction of sp³-hybridized carbons (Fsp3) is 0.500. The lowest BCUT2D eigenvalue weighted by molar-refractivity contribution is -0.153. The molecule has 1 aromatic rings. The van der Waals surface area contributed by atoms with Crippen molar-refractivity contribution in [1.29, 1.82) is 0 Å². The lowest BCUT2D eigenvalue weighted by Gasteiger charge is -2.50. The Kier molecular flexibility index (Phi) is 5.85. The molecule has 11 nitrogen and oxygen atoms in total. The molecule has 6 N–H and O–H groups in total. The minimum atomic E-state index is -2.63. The molecule has 11 heteroatoms. The molecule has 4 atom stereocenters. The number of fused-ring (bicyclic) bond motifs is 3. The molecule has 0 bridgehead atoms. The summed E-state index contributed by atoms with van der Waals surface area (Å²) in [5.41, 5.74) is 3.42. The van der Waals surface area contributed by atoms with Gasteiger partial charge in [0.1, 0.15) is 22.8 Å². The lowest BCUT2D eigenvalue weighted by Crippen LogP contribution is -2.65. The number of carbonyl (C=O) groups is 3. The molecule has 0 radical (unpaired) electrons. The third kappa shape index (κ3) is 3.48. The van der Waals surface area contributed by atoms with Gasteiger partial charge in [-0.1, -0.05) is 0 Å². The van der Waals surface area contributed by atoms with Gasteiger partial charge in [-0.3, -0.25) is 19.3 Å². The Morgan fingerprint density at radius 2 is 1.76 bits per heavy atom. The van der Waals surface area contributed by atoms with Crippen molar-refractivity contribution in [2.75, 3.05) is 52.2 Å². The summed E-state index contributed by atoms with van der Waals surface area (Å²) in [4.78, 5) is 45.0. The van der Waals surface area contributed by atoms with Crippen molar-refractivity contribution in [3.63, 3.8) is 0 Å². The summed E-state index contributed by atoms with van der Waals surface area (Å²) in [6, 6.07) is 2.18. The number of piperazine rings is 1. The van der Waals surface area contributed by atoms with Gasteiger partial charge in [0.2, 0.25) is 5.78 Å². The second-order valence-corrected chi connectivity index (χ2v) is 10.7. The quantitative estimate of drug-likeness (QED) is 0.340. The van der Waals surface area contributed by atoms with Crippen LogP contribution in [0.4, 0.5) is 5.69 Å². The number of phenolic OH excluding ortho intramolecular Hbond substituents is 1. The highest BCUT2D eigenvalue weighted by atomic mass is 16.3. The zero-order valence-electron chi connectivity index (χ0n) is 21.1. The SMILES string of the molecule is CN1CCN(c2ccc(O)c3c2CC2CC4[C@H](N(C)C)C(=O)C(C(N)=O)=C(O)[C@@]4(O)C(=O)C2=C3O)CC1. The van der Waals surface area contributed by atoms with Crippen molar-refractivity contribution in [2.24, 2.45) is 17.6 Å². The number of rotatable bonds is 3. The van der Waals surface area contributed by atoms with Crippen LogP contribution in [-0.2, 0) is 20.8 Å². The summed E-state index contributed by atoms with van der Waals surface area (Å²) in [6.45, 7) is 3.20. The molecule has 198 valence electrons. The summed E-state index contributed by atoms with van der Waals surface area (Å²) < 4.78 is 0. The number of aliphatic hydroxyl groups excluding tert-OH is 2. The number of Topliss-reactive ketones (excluding diaryl/α,β-unsaturated/α-hetero) is 2. The minimum absolute atomic E-state index is 0.0730. The summed E-state index contributed by atoms with van der Waals surface area (Å²) in [6.07, 6.45) is 0.355. The number of aromatic hydroxyl groups is 1. The molecule has 0 spiro atoms. The Bertz CT molecular complexity index is 1280. The van der Waals surface area contributed by atoms with Gasteiger partial charge < -0.3 is 36.0 Å². The van der Waals surface area contributed by atoms with Gasteiger partial charge in [-0.2, -0.15) is 0 Å². The van der Waals surface area contributed by atoms with E-state index in [-0.39, 0.29) is 29.7 Å². The molecule has 0 aromatic heterocycles. The third-order valence-electron chi connectivity index (χ3n) is 8.42. The predicted molar refractivity (Wildman–Crippen MR) is 134 cm³/mol. The molecule has 1 saturated carbocycles. The molecule has 37 heavy (non-hydrogen) atoms. The average molecular weight is 513 g/mol. The Balaban J connectivity index is 1.68. The molecule has 1 aliphatic heterocycles. The van der Waals surface area contributed by atoms with Gasteiger partial charge in [0.05, 0.1) is 11.6 Å². The topological polar surface area (TPSA) is 168 Å². The van der Waals surface area contributed by atoms with Gasteiger partial charge >= 0.3 is 0 Å². The van der Waals surface area contributed by atoms with Crippen LogP contribution in [0.25, 0.3) is 5.76 Å². The van der Waals surface area contributed by atoms with E-state index in [2.05, 4.69) is 9.80 Å². The van der Waals surface area contributed by atoms with E-state index in [0.717, 1.165) is 31.9 Å². The Morgan fingerprint density at radius 3 is 2.35 bits per heavy atom. The number of nitrogens with zero attached hydrogens (tertiary/aromatic N) is 3. The molecule has 2 fully saturated rings. The lowest BCUT2D eigenvalue weighted by atomic mass is 9.57. The number of nitrogens with two attached hydrogens (primary N) is 1. The molecular weight excluding hydrogens is 480 g/mol. The smallest absolute Gasteiger partial charge is 0.255 e. The summed E-state index contributed by atoms with van der Waals surface area (Å²) in [5.74, 6) is -6.45. The maximum absolute atomic E-state index is 13.9. The molecule has 1 amide bonds. The average Bonchev–Trinajstić information content (AvgIpc) is 2.82. The van der Waals surface area contributed by atoms with E-state index < -0.39 is 58.0 Å². The maximum atomic E-state index is 13.9. The summed E-state index contributed by atoms with van der Waals surface area (Å²) >= 11 is 0. The van der Waals surface area contributed by atoms with Crippen molar-refractivity contribution < 1.29 is 34.8 Å². The number of likely N-dealkylation sites (N-methyl/N-ethyl adjacent to an activating group) is 2. The molecule has 2 unspecified atom stereocenters. The number of anilines is 1. The maximum Gasteiger partial charge on any atom is 0.255 e. The number of amides is 1. The van der Waals surface area contributed by atoms with Crippen molar-refractivity contribution in [2.45, 2.75) is 24.5 Å². The van der Waals surface area contributed by atoms with E-state index >= 15 is 0 Å². The van der Waals surface area contributed by atoms with E-state index in [1.165, 1.54) is 11.0 Å². The number of hydrogen-bond acceptors (Lipinski definition) is 10. The van der Waals surface area contributed by atoms with Gasteiger partial charge in [-0.15, -0.1) is 0 Å². The molecule has 1 saturated heterocycles. The Labute approximate surface area is 214 Å². The first kappa shape index (κ1) is 25.2. The number of phenols is 1. The largest absolute Gasteiger partial charge is 0.508 e. The van der Waals surface area contributed by atoms with Crippen molar-refractivity contribution in [3.8, 4) is 5.75 Å². The highest BCUT2D eigenvalue weighted by Gasteiger charge is 2.64. The minimum Gasteiger partial charge on any atom is -0.508 e. The fourth-order valence-corrected chi connectivity index (χ4v) is 6.57. The van der Waals surface area contributed by atoms with E-state index in [1.807, 2.05) is 7.05 Å². The van der Waals surface area contributed by atoms with Crippen LogP contribution in [0, 0.1) is 11.8 Å². The second kappa shape index (κ2) is 8.57. The predicted octanol–water partition coefficient (Wildman–Crippen LogP) is -0.284. The zero-order valence-corrected chi connectivity index (χ0v) is 21.1. The molecule has 5 rings (SSSR count). The number of aliphatic hydroxyl groups is 3. The van der Waals surface area contributed by atoms with Crippen molar-refractivity contribution in [3.05, 3.63) is 40.2 Å². The number of carbonyl (C=O) groups excluding carboxylic acids is 3. The Hall–Kier alpha value is -3.41. The van der Waals surface area contributed by atoms with E-state index in [1.54, 1.807) is 20.2 Å². The number of ketones is 2. The van der Waals surface area contributed by atoms with Crippen LogP contribution >= 0.6 is 0 Å². The highest BCUT2D eigenvalue weighted by molar-refractivity contribution is 6.24. The molecule has 1 aromatic carbocycles. The van der Waals surface area contributed by atoms with Crippen LogP contribution in [0.15, 0.2) is 29.0 Å². The molecule has 1 heterocycles. The first-order valence-electron chi connectivity index (χ1n) is 12.3. The van der Waals surface area contributed by atoms with E-state index in [4.69, 9.17) is 5.73 Å². The highest BCUT2D eigenvalue weighted by Crippen LogP contribution is 2.53. The summed E-state index contributed by atoms with van der Waals surface area (Å²) in [5, 5.41) is 44.7. The molecule has 4 aliphatic rings. The summed E-state index contributed by atoms with van der Waals surface area (Å²) in [7, 11) is 5.20. The van der Waals surface area contributed by atoms with Crippen molar-refractivity contribution in [1.82, 2.24) is 9.80 Å². The molecule has 3 aliphatic carbocycles. The van der Waals surface area contributed by atoms with Gasteiger partial charge in [0.15, 0.2) is 11.4 Å². The van der Waals surface area contributed by atoms with Crippen molar-refractivity contribution >= 4 is 28.9 Å². The number of hydrogen-bond donors (Lipinski definition) is 5. The molecular formula is C26H32N4O7. The van der Waals surface area contributed by atoms with Gasteiger partial charge in [0.25, 0.3) is 5.91 Å². The van der Waals surface area contributed by atoms with Crippen LogP contribution in [0.3, 0.4) is 0 Å². The van der Waals surface area contributed by atoms with Crippen LogP contribution in [0.1, 0.15) is 17.5 Å². The standard InChI is InChI=1S/C26H32N4O7/c1-28(2)20-14-11-12-10-13-15(30-8-6-29(3)7-9-30)4-5-16(31)18(13)21(32)17(12)23(34)26(14,37)24(35)19(22(20)33)25(27)36/h4-5,12,14,20,31-32,35,37H,6-11H2,1-3H3,(H2,27,36)/t12?,14?,20-,26-/m0/s1. The van der Waals surface area contributed by atoms with Crippen LogP contribution in [-0.4, -0.2) is 107 Å².